The summed E-state index contributed by atoms with van der Waals surface area (Å²) in [7, 11) is 0. The molecule has 1 fully saturated rings. The van der Waals surface area contributed by atoms with Gasteiger partial charge < -0.3 is 5.32 Å². The Morgan fingerprint density at radius 1 is 1.58 bits per heavy atom. The van der Waals surface area contributed by atoms with Gasteiger partial charge in [0.2, 0.25) is 5.28 Å². The molecule has 2 N–H and O–H groups in total. The van der Waals surface area contributed by atoms with Crippen molar-refractivity contribution in [2.24, 2.45) is 0 Å². The van der Waals surface area contributed by atoms with Gasteiger partial charge >= 0.3 is 0 Å². The van der Waals surface area contributed by atoms with Crippen molar-refractivity contribution in [2.75, 3.05) is 6.54 Å². The summed E-state index contributed by atoms with van der Waals surface area (Å²) in [6.45, 7) is 1.12. The highest BCUT2D eigenvalue weighted by Gasteiger charge is 2.15. The van der Waals surface area contributed by atoms with Crippen molar-refractivity contribution in [3.05, 3.63) is 11.1 Å². The summed E-state index contributed by atoms with van der Waals surface area (Å²) in [4.78, 5) is 4.03. The second-order valence-corrected chi connectivity index (χ2v) is 3.39. The molecule has 1 aromatic heterocycles. The SMILES string of the molecule is Clc1n[nH]c(CC2CCCN2)n1. The van der Waals surface area contributed by atoms with Crippen molar-refractivity contribution in [3.8, 4) is 0 Å². The first-order valence-corrected chi connectivity index (χ1v) is 4.52. The van der Waals surface area contributed by atoms with Gasteiger partial charge in [0.05, 0.1) is 0 Å². The molecule has 0 aliphatic carbocycles. The highest BCUT2D eigenvalue weighted by atomic mass is 35.5. The highest BCUT2D eigenvalue weighted by molar-refractivity contribution is 6.28. The second kappa shape index (κ2) is 3.41. The van der Waals surface area contributed by atoms with E-state index in [0.717, 1.165) is 18.8 Å². The van der Waals surface area contributed by atoms with E-state index in [1.54, 1.807) is 0 Å². The summed E-state index contributed by atoms with van der Waals surface area (Å²) in [5.41, 5.74) is 0. The lowest BCUT2D eigenvalue weighted by Gasteiger charge is -2.05. The number of nitrogens with one attached hydrogen (secondary N) is 2. The average molecular weight is 187 g/mol. The Labute approximate surface area is 75.7 Å². The Morgan fingerprint density at radius 2 is 2.50 bits per heavy atom. The first kappa shape index (κ1) is 8.01. The minimum atomic E-state index is 0.308. The monoisotopic (exact) mass is 186 g/mol. The van der Waals surface area contributed by atoms with Crippen molar-refractivity contribution in [2.45, 2.75) is 25.3 Å². The molecule has 0 aromatic carbocycles. The Bertz CT molecular complexity index is 254. The van der Waals surface area contributed by atoms with E-state index in [1.165, 1.54) is 12.8 Å². The lowest BCUT2D eigenvalue weighted by molar-refractivity contribution is 0.586. The Balaban J connectivity index is 1.94. The molecule has 2 rings (SSSR count). The normalized spacial score (nSPS) is 23.2. The lowest BCUT2D eigenvalue weighted by atomic mass is 10.1. The van der Waals surface area contributed by atoms with E-state index < -0.39 is 0 Å². The van der Waals surface area contributed by atoms with Crippen LogP contribution in [0.25, 0.3) is 0 Å². The van der Waals surface area contributed by atoms with Crippen LogP contribution in [0.4, 0.5) is 0 Å². The number of hydrogen-bond acceptors (Lipinski definition) is 3. The minimum Gasteiger partial charge on any atom is -0.314 e. The van der Waals surface area contributed by atoms with Gasteiger partial charge in [0, 0.05) is 12.5 Å². The smallest absolute Gasteiger partial charge is 0.242 e. The van der Waals surface area contributed by atoms with E-state index in [1.807, 2.05) is 0 Å². The fourth-order valence-electron chi connectivity index (χ4n) is 1.53. The molecular formula is C7H11ClN4. The van der Waals surface area contributed by atoms with Gasteiger partial charge in [0.15, 0.2) is 0 Å². The van der Waals surface area contributed by atoms with Crippen molar-refractivity contribution in [3.63, 3.8) is 0 Å². The second-order valence-electron chi connectivity index (χ2n) is 3.05. The summed E-state index contributed by atoms with van der Waals surface area (Å²) in [5, 5.41) is 10.3. The van der Waals surface area contributed by atoms with E-state index >= 15 is 0 Å². The predicted molar refractivity (Wildman–Crippen MR) is 46.1 cm³/mol. The number of rotatable bonds is 2. The van der Waals surface area contributed by atoms with E-state index in [0.29, 0.717) is 11.3 Å². The van der Waals surface area contributed by atoms with E-state index in [9.17, 15) is 0 Å². The van der Waals surface area contributed by atoms with Crippen LogP contribution in [0.3, 0.4) is 0 Å². The minimum absolute atomic E-state index is 0.308. The average Bonchev–Trinajstić information content (AvgIpc) is 2.63. The van der Waals surface area contributed by atoms with Gasteiger partial charge in [-0.3, -0.25) is 5.10 Å². The number of aromatic nitrogens is 3. The first-order valence-electron chi connectivity index (χ1n) is 4.15. The van der Waals surface area contributed by atoms with Gasteiger partial charge in [-0.25, -0.2) is 4.98 Å². The van der Waals surface area contributed by atoms with Gasteiger partial charge in [-0.2, -0.15) is 0 Å². The topological polar surface area (TPSA) is 53.6 Å². The fraction of sp³-hybridized carbons (Fsp3) is 0.714. The third kappa shape index (κ3) is 1.76. The van der Waals surface area contributed by atoms with Gasteiger partial charge in [-0.1, -0.05) is 0 Å². The summed E-state index contributed by atoms with van der Waals surface area (Å²) in [6, 6.07) is 0.550. The zero-order valence-electron chi connectivity index (χ0n) is 6.68. The summed E-state index contributed by atoms with van der Waals surface area (Å²) < 4.78 is 0. The molecule has 5 heteroatoms. The van der Waals surface area contributed by atoms with Gasteiger partial charge in [0.25, 0.3) is 0 Å². The summed E-state index contributed by atoms with van der Waals surface area (Å²) in [6.07, 6.45) is 3.38. The standard InChI is InChI=1S/C7H11ClN4/c8-7-10-6(11-12-7)4-5-2-1-3-9-5/h5,9H,1-4H2,(H,10,11,12). The third-order valence-corrected chi connectivity index (χ3v) is 2.28. The molecule has 0 amide bonds. The predicted octanol–water partition coefficient (Wildman–Crippen LogP) is 0.753. The number of hydrogen-bond donors (Lipinski definition) is 2. The van der Waals surface area contributed by atoms with E-state index in [2.05, 4.69) is 20.5 Å². The third-order valence-electron chi connectivity index (χ3n) is 2.11. The van der Waals surface area contributed by atoms with Crippen LogP contribution in [0.1, 0.15) is 18.7 Å². The van der Waals surface area contributed by atoms with Crippen molar-refractivity contribution < 1.29 is 0 Å². The molecule has 1 aromatic rings. The molecule has 66 valence electrons. The largest absolute Gasteiger partial charge is 0.314 e. The van der Waals surface area contributed by atoms with Crippen molar-refractivity contribution >= 4 is 11.6 Å². The molecule has 1 unspecified atom stereocenters. The lowest BCUT2D eigenvalue weighted by Crippen LogP contribution is -2.24. The Kier molecular flexibility index (Phi) is 2.28. The molecule has 1 aliphatic rings. The molecule has 0 bridgehead atoms. The molecular weight excluding hydrogens is 176 g/mol. The molecule has 1 aliphatic heterocycles. The number of aromatic amines is 1. The Hall–Kier alpha value is -0.610. The van der Waals surface area contributed by atoms with Crippen molar-refractivity contribution in [1.29, 1.82) is 0 Å². The quantitative estimate of drug-likeness (QED) is 0.717. The molecule has 0 radical (unpaired) electrons. The summed E-state index contributed by atoms with van der Waals surface area (Å²) >= 11 is 5.57. The number of halogens is 1. The van der Waals surface area contributed by atoms with E-state index in [-0.39, 0.29) is 0 Å². The van der Waals surface area contributed by atoms with Crippen LogP contribution in [0.2, 0.25) is 5.28 Å². The molecule has 0 spiro atoms. The van der Waals surface area contributed by atoms with Crippen LogP contribution in [-0.4, -0.2) is 27.8 Å². The maximum Gasteiger partial charge on any atom is 0.242 e. The van der Waals surface area contributed by atoms with Crippen molar-refractivity contribution in [1.82, 2.24) is 20.5 Å². The number of nitrogens with zero attached hydrogens (tertiary/aromatic N) is 2. The summed E-state index contributed by atoms with van der Waals surface area (Å²) in [5.74, 6) is 0.874. The Morgan fingerprint density at radius 3 is 3.08 bits per heavy atom. The highest BCUT2D eigenvalue weighted by Crippen LogP contribution is 2.09. The molecule has 0 saturated carbocycles. The number of H-pyrrole nitrogens is 1. The first-order chi connectivity index (χ1) is 5.84. The maximum absolute atomic E-state index is 5.57. The van der Waals surface area contributed by atoms with Crippen LogP contribution < -0.4 is 5.32 Å². The molecule has 1 saturated heterocycles. The van der Waals surface area contributed by atoms with Crippen LogP contribution in [0.5, 0.6) is 0 Å². The maximum atomic E-state index is 5.57. The fourth-order valence-corrected chi connectivity index (χ4v) is 1.67. The van der Waals surface area contributed by atoms with Crippen LogP contribution in [0, 0.1) is 0 Å². The van der Waals surface area contributed by atoms with Crippen LogP contribution >= 0.6 is 11.6 Å². The zero-order valence-corrected chi connectivity index (χ0v) is 7.43. The zero-order chi connectivity index (χ0) is 8.39. The van der Waals surface area contributed by atoms with Gasteiger partial charge in [-0.15, -0.1) is 5.10 Å². The van der Waals surface area contributed by atoms with Gasteiger partial charge in [-0.05, 0) is 31.0 Å². The molecule has 2 heterocycles. The van der Waals surface area contributed by atoms with Crippen LogP contribution in [0.15, 0.2) is 0 Å². The van der Waals surface area contributed by atoms with Crippen LogP contribution in [-0.2, 0) is 6.42 Å². The van der Waals surface area contributed by atoms with Gasteiger partial charge in [0.1, 0.15) is 5.82 Å². The van der Waals surface area contributed by atoms with E-state index in [4.69, 9.17) is 11.6 Å². The molecule has 4 nitrogen and oxygen atoms in total. The molecule has 1 atom stereocenters. The molecule has 12 heavy (non-hydrogen) atoms.